The van der Waals surface area contributed by atoms with Gasteiger partial charge in [-0.15, -0.1) is 0 Å². The van der Waals surface area contributed by atoms with Gasteiger partial charge in [-0.25, -0.2) is 13.9 Å². The molecule has 28 heavy (non-hydrogen) atoms. The average Bonchev–Trinajstić information content (AvgIpc) is 3.14. The molecule has 0 spiro atoms. The molecule has 3 aromatic rings. The number of carbonyl (C=O) groups excluding carboxylic acids is 1. The van der Waals surface area contributed by atoms with Crippen LogP contribution in [0.3, 0.4) is 0 Å². The Morgan fingerprint density at radius 1 is 1.14 bits per heavy atom. The van der Waals surface area contributed by atoms with E-state index in [-0.39, 0.29) is 31.1 Å². The number of likely N-dealkylation sites (tertiary alicyclic amines) is 1. The van der Waals surface area contributed by atoms with Crippen molar-refractivity contribution >= 4 is 16.8 Å². The van der Waals surface area contributed by atoms with E-state index in [0.29, 0.717) is 28.6 Å². The number of hydrogen-bond acceptors (Lipinski definition) is 3. The van der Waals surface area contributed by atoms with Crippen LogP contribution < -0.4 is 10.9 Å². The summed E-state index contributed by atoms with van der Waals surface area (Å²) in [5.41, 5.74) is -0.522. The van der Waals surface area contributed by atoms with Crippen LogP contribution in [0, 0.1) is 0 Å². The largest absolute Gasteiger partial charge is 0.332 e. The summed E-state index contributed by atoms with van der Waals surface area (Å²) in [5.74, 6) is 0. The van der Waals surface area contributed by atoms with E-state index in [1.54, 1.807) is 43.4 Å². The fraction of sp³-hybridized carbons (Fsp3) is 0.286. The van der Waals surface area contributed by atoms with E-state index < -0.39 is 5.67 Å². The van der Waals surface area contributed by atoms with Gasteiger partial charge in [0, 0.05) is 25.4 Å². The summed E-state index contributed by atoms with van der Waals surface area (Å²) < 4.78 is 16.5. The molecule has 1 aromatic heterocycles. The minimum atomic E-state index is -1.53. The minimum absolute atomic E-state index is 0.0182. The lowest BCUT2D eigenvalue weighted by Gasteiger charge is -2.21. The van der Waals surface area contributed by atoms with Gasteiger partial charge in [0.15, 0.2) is 5.67 Å². The molecule has 7 heteroatoms. The van der Waals surface area contributed by atoms with E-state index in [1.165, 1.54) is 9.58 Å². The number of rotatable bonds is 3. The number of benzene rings is 2. The first-order chi connectivity index (χ1) is 13.5. The van der Waals surface area contributed by atoms with Crippen LogP contribution in [0.15, 0.2) is 59.4 Å². The zero-order valence-electron chi connectivity index (χ0n) is 15.6. The number of amides is 2. The number of carbonyl (C=O) groups is 1. The molecule has 4 rings (SSSR count). The molecule has 0 radical (unpaired) electrons. The highest BCUT2D eigenvalue weighted by Gasteiger charge is 2.41. The Hall–Kier alpha value is -3.22. The molecule has 1 aliphatic rings. The topological polar surface area (TPSA) is 67.2 Å². The van der Waals surface area contributed by atoms with Gasteiger partial charge in [0.1, 0.15) is 0 Å². The normalized spacial score (nSPS) is 19.1. The Balaban J connectivity index is 1.48. The van der Waals surface area contributed by atoms with Crippen LogP contribution in [0.4, 0.5) is 9.18 Å². The fourth-order valence-electron chi connectivity index (χ4n) is 3.70. The lowest BCUT2D eigenvalue weighted by Crippen LogP contribution is -2.40. The third-order valence-corrected chi connectivity index (χ3v) is 5.24. The predicted octanol–water partition coefficient (Wildman–Crippen LogP) is 2.71. The van der Waals surface area contributed by atoms with Crippen molar-refractivity contribution in [3.05, 3.63) is 76.2 Å². The van der Waals surface area contributed by atoms with Crippen LogP contribution >= 0.6 is 0 Å². The summed E-state index contributed by atoms with van der Waals surface area (Å²) in [5, 5.41) is 8.34. The van der Waals surface area contributed by atoms with Crippen molar-refractivity contribution in [3.8, 4) is 0 Å². The van der Waals surface area contributed by atoms with Crippen molar-refractivity contribution in [2.24, 2.45) is 7.05 Å². The third-order valence-electron chi connectivity index (χ3n) is 5.24. The SMILES string of the molecule is Cn1nc(CNC(=O)N2CCC(F)(c3ccccc3)C2)c2ccccc2c1=O. The number of nitrogens with one attached hydrogen (secondary N) is 1. The van der Waals surface area contributed by atoms with E-state index in [1.807, 2.05) is 18.2 Å². The van der Waals surface area contributed by atoms with Gasteiger partial charge in [-0.2, -0.15) is 5.10 Å². The summed E-state index contributed by atoms with van der Waals surface area (Å²) >= 11 is 0. The molecule has 1 N–H and O–H groups in total. The van der Waals surface area contributed by atoms with Gasteiger partial charge in [-0.05, 0) is 11.6 Å². The Labute approximate surface area is 161 Å². The van der Waals surface area contributed by atoms with Crippen LogP contribution in [-0.2, 0) is 19.3 Å². The van der Waals surface area contributed by atoms with E-state index in [2.05, 4.69) is 10.4 Å². The van der Waals surface area contributed by atoms with E-state index in [9.17, 15) is 9.59 Å². The number of aryl methyl sites for hydroxylation is 1. The quantitative estimate of drug-likeness (QED) is 0.760. The summed E-state index contributed by atoms with van der Waals surface area (Å²) in [6.45, 7) is 0.525. The van der Waals surface area contributed by atoms with Crippen molar-refractivity contribution in [1.29, 1.82) is 0 Å². The first-order valence-corrected chi connectivity index (χ1v) is 9.20. The molecule has 1 unspecified atom stereocenters. The standard InChI is InChI=1S/C21H21FN4O2/c1-25-19(27)17-10-6-5-9-16(17)18(24-25)13-23-20(28)26-12-11-21(22,14-26)15-7-3-2-4-8-15/h2-10H,11-14H2,1H3,(H,23,28). The molecule has 144 valence electrons. The summed E-state index contributed by atoms with van der Waals surface area (Å²) in [4.78, 5) is 26.3. The van der Waals surface area contributed by atoms with Crippen molar-refractivity contribution in [1.82, 2.24) is 20.0 Å². The van der Waals surface area contributed by atoms with Crippen molar-refractivity contribution in [3.63, 3.8) is 0 Å². The fourth-order valence-corrected chi connectivity index (χ4v) is 3.70. The number of aromatic nitrogens is 2. The van der Waals surface area contributed by atoms with Crippen LogP contribution in [0.2, 0.25) is 0 Å². The number of alkyl halides is 1. The number of nitrogens with zero attached hydrogens (tertiary/aromatic N) is 3. The van der Waals surface area contributed by atoms with Gasteiger partial charge < -0.3 is 10.2 Å². The van der Waals surface area contributed by atoms with E-state index >= 15 is 4.39 Å². The molecular formula is C21H21FN4O2. The smallest absolute Gasteiger partial charge is 0.317 e. The lowest BCUT2D eigenvalue weighted by atomic mass is 9.95. The van der Waals surface area contributed by atoms with Gasteiger partial charge in [-0.1, -0.05) is 48.5 Å². The van der Waals surface area contributed by atoms with Gasteiger partial charge in [-0.3, -0.25) is 4.79 Å². The highest BCUT2D eigenvalue weighted by Crippen LogP contribution is 2.35. The Morgan fingerprint density at radius 2 is 1.82 bits per heavy atom. The summed E-state index contributed by atoms with van der Waals surface area (Å²) in [6, 6.07) is 15.8. The molecular weight excluding hydrogens is 359 g/mol. The highest BCUT2D eigenvalue weighted by atomic mass is 19.1. The molecule has 0 aliphatic carbocycles. The van der Waals surface area contributed by atoms with Gasteiger partial charge in [0.25, 0.3) is 5.56 Å². The van der Waals surface area contributed by atoms with Crippen LogP contribution in [0.25, 0.3) is 10.8 Å². The average molecular weight is 380 g/mol. The Kier molecular flexibility index (Phi) is 4.58. The maximum absolute atomic E-state index is 15.3. The molecule has 2 amide bonds. The zero-order chi connectivity index (χ0) is 19.7. The molecule has 1 atom stereocenters. The number of urea groups is 1. The Bertz CT molecular complexity index is 1080. The molecule has 2 heterocycles. The molecule has 0 saturated carbocycles. The monoisotopic (exact) mass is 380 g/mol. The lowest BCUT2D eigenvalue weighted by molar-refractivity contribution is 0.164. The second kappa shape index (κ2) is 7.07. The Morgan fingerprint density at radius 3 is 2.57 bits per heavy atom. The molecule has 6 nitrogen and oxygen atoms in total. The minimum Gasteiger partial charge on any atom is -0.332 e. The van der Waals surface area contributed by atoms with Gasteiger partial charge in [0.05, 0.1) is 24.2 Å². The molecule has 2 aromatic carbocycles. The summed E-state index contributed by atoms with van der Waals surface area (Å²) in [6.07, 6.45) is 0.269. The van der Waals surface area contributed by atoms with Crippen LogP contribution in [0.1, 0.15) is 17.7 Å². The summed E-state index contributed by atoms with van der Waals surface area (Å²) in [7, 11) is 1.58. The molecule has 1 saturated heterocycles. The van der Waals surface area contributed by atoms with Crippen molar-refractivity contribution in [2.45, 2.75) is 18.6 Å². The highest BCUT2D eigenvalue weighted by molar-refractivity contribution is 5.84. The first kappa shape index (κ1) is 18.2. The number of fused-ring (bicyclic) bond motifs is 1. The predicted molar refractivity (Wildman–Crippen MR) is 105 cm³/mol. The number of hydrogen-bond donors (Lipinski definition) is 1. The van der Waals surface area contributed by atoms with Gasteiger partial charge in [0.2, 0.25) is 0 Å². The third kappa shape index (κ3) is 3.24. The van der Waals surface area contributed by atoms with E-state index in [4.69, 9.17) is 0 Å². The molecule has 1 fully saturated rings. The zero-order valence-corrected chi connectivity index (χ0v) is 15.6. The maximum Gasteiger partial charge on any atom is 0.317 e. The van der Waals surface area contributed by atoms with Crippen LogP contribution in [-0.4, -0.2) is 33.8 Å². The van der Waals surface area contributed by atoms with Gasteiger partial charge >= 0.3 is 6.03 Å². The number of halogens is 1. The second-order valence-electron chi connectivity index (χ2n) is 7.08. The second-order valence-corrected chi connectivity index (χ2v) is 7.08. The van der Waals surface area contributed by atoms with Crippen LogP contribution in [0.5, 0.6) is 0 Å². The molecule has 0 bridgehead atoms. The maximum atomic E-state index is 15.3. The van der Waals surface area contributed by atoms with E-state index in [0.717, 1.165) is 0 Å². The van der Waals surface area contributed by atoms with Crippen molar-refractivity contribution < 1.29 is 9.18 Å². The van der Waals surface area contributed by atoms with Crippen molar-refractivity contribution in [2.75, 3.05) is 13.1 Å². The molecule has 1 aliphatic heterocycles. The first-order valence-electron chi connectivity index (χ1n) is 9.20.